The second-order valence-corrected chi connectivity index (χ2v) is 8.91. The lowest BCUT2D eigenvalue weighted by molar-refractivity contribution is 0.0963. The van der Waals surface area contributed by atoms with Crippen molar-refractivity contribution in [2.75, 3.05) is 17.6 Å². The number of carbonyl (C=O) groups excluding carboxylic acids is 1. The Bertz CT molecular complexity index is 929. The van der Waals surface area contributed by atoms with Crippen LogP contribution in [0.15, 0.2) is 52.9 Å². The van der Waals surface area contributed by atoms with E-state index in [9.17, 15) is 4.79 Å². The molecule has 0 saturated carbocycles. The molecule has 1 aromatic carbocycles. The molecule has 0 aliphatic heterocycles. The van der Waals surface area contributed by atoms with Gasteiger partial charge in [0.15, 0.2) is 5.78 Å². The van der Waals surface area contributed by atoms with Crippen molar-refractivity contribution in [1.82, 2.24) is 9.97 Å². The van der Waals surface area contributed by atoms with Gasteiger partial charge in [0.2, 0.25) is 5.95 Å². The van der Waals surface area contributed by atoms with Crippen LogP contribution in [0.1, 0.15) is 33.3 Å². The van der Waals surface area contributed by atoms with Crippen LogP contribution >= 0.6 is 34.7 Å². The van der Waals surface area contributed by atoms with Crippen molar-refractivity contribution in [3.8, 4) is 0 Å². The fourth-order valence-corrected chi connectivity index (χ4v) is 4.84. The Morgan fingerprint density at radius 1 is 1.22 bits per heavy atom. The predicted molar refractivity (Wildman–Crippen MR) is 112 cm³/mol. The Balaban J connectivity index is 1.37. The Morgan fingerprint density at radius 2 is 2.07 bits per heavy atom. The number of carbonyl (C=O) groups is 1. The van der Waals surface area contributed by atoms with Gasteiger partial charge in [0, 0.05) is 45.6 Å². The predicted octanol–water partition coefficient (Wildman–Crippen LogP) is 5.31. The number of ketones is 1. The largest absolute Gasteiger partial charge is 0.353 e. The van der Waals surface area contributed by atoms with Gasteiger partial charge in [-0.2, -0.15) is 0 Å². The summed E-state index contributed by atoms with van der Waals surface area (Å²) in [7, 11) is 0. The molecule has 1 atom stereocenters. The lowest BCUT2D eigenvalue weighted by Gasteiger charge is -2.22. The smallest absolute Gasteiger partial charge is 0.222 e. The Labute approximate surface area is 171 Å². The zero-order valence-electron chi connectivity index (χ0n) is 14.5. The van der Waals surface area contributed by atoms with Crippen LogP contribution in [0.2, 0.25) is 5.02 Å². The minimum Gasteiger partial charge on any atom is -0.353 e. The number of thioether (sulfide) groups is 1. The topological polar surface area (TPSA) is 54.9 Å². The maximum atomic E-state index is 12.4. The highest BCUT2D eigenvalue weighted by Crippen LogP contribution is 2.34. The van der Waals surface area contributed by atoms with E-state index < -0.39 is 0 Å². The highest BCUT2D eigenvalue weighted by atomic mass is 35.5. The van der Waals surface area contributed by atoms with Crippen molar-refractivity contribution >= 4 is 46.4 Å². The van der Waals surface area contributed by atoms with Gasteiger partial charge >= 0.3 is 0 Å². The second-order valence-electron chi connectivity index (χ2n) is 6.33. The molecule has 138 valence electrons. The van der Waals surface area contributed by atoms with Gasteiger partial charge in [-0.3, -0.25) is 4.79 Å². The van der Waals surface area contributed by atoms with Crippen molar-refractivity contribution in [3.63, 3.8) is 0 Å². The normalized spacial score (nSPS) is 16.2. The molecule has 27 heavy (non-hydrogen) atoms. The average Bonchev–Trinajstić information content (AvgIpc) is 3.21. The summed E-state index contributed by atoms with van der Waals surface area (Å²) in [4.78, 5) is 23.8. The number of Topliss-reactive ketones (excluding diaryl/α,β-unsaturated/α-hetero) is 1. The summed E-state index contributed by atoms with van der Waals surface area (Å²) < 4.78 is 0. The molecule has 0 spiro atoms. The number of hydrogen-bond donors (Lipinski definition) is 1. The molecule has 4 nitrogen and oxygen atoms in total. The molecule has 0 bridgehead atoms. The Kier molecular flexibility index (Phi) is 5.76. The molecule has 7 heteroatoms. The van der Waals surface area contributed by atoms with Gasteiger partial charge in [0.1, 0.15) is 0 Å². The highest BCUT2D eigenvalue weighted by molar-refractivity contribution is 7.99. The third-order valence-corrected chi connectivity index (χ3v) is 6.75. The van der Waals surface area contributed by atoms with Crippen molar-refractivity contribution in [2.45, 2.75) is 23.7 Å². The van der Waals surface area contributed by atoms with Crippen molar-refractivity contribution in [3.05, 3.63) is 69.1 Å². The van der Waals surface area contributed by atoms with E-state index in [2.05, 4.69) is 26.7 Å². The van der Waals surface area contributed by atoms with Gasteiger partial charge < -0.3 is 5.32 Å². The SMILES string of the molecule is O=C1CC(c2cccs2)Cc2nc(NCCSc3ccc(Cl)cc3)ncc21. The van der Waals surface area contributed by atoms with E-state index in [1.54, 1.807) is 29.3 Å². The van der Waals surface area contributed by atoms with E-state index in [0.717, 1.165) is 29.4 Å². The van der Waals surface area contributed by atoms with Crippen LogP contribution in [0.3, 0.4) is 0 Å². The van der Waals surface area contributed by atoms with E-state index in [4.69, 9.17) is 11.6 Å². The first-order valence-corrected chi connectivity index (χ1v) is 11.0. The van der Waals surface area contributed by atoms with Crippen molar-refractivity contribution < 1.29 is 4.79 Å². The molecule has 1 aliphatic carbocycles. The van der Waals surface area contributed by atoms with E-state index >= 15 is 0 Å². The zero-order chi connectivity index (χ0) is 18.6. The van der Waals surface area contributed by atoms with E-state index in [-0.39, 0.29) is 11.7 Å². The van der Waals surface area contributed by atoms with Crippen LogP contribution < -0.4 is 5.32 Å². The molecule has 1 N–H and O–H groups in total. The molecule has 4 rings (SSSR count). The number of nitrogens with one attached hydrogen (secondary N) is 1. The molecular formula is C20H18ClN3OS2. The lowest BCUT2D eigenvalue weighted by Crippen LogP contribution is -2.21. The number of benzene rings is 1. The van der Waals surface area contributed by atoms with E-state index in [1.165, 1.54) is 9.77 Å². The monoisotopic (exact) mass is 415 g/mol. The molecule has 2 aromatic heterocycles. The fourth-order valence-electron chi connectivity index (χ4n) is 3.12. The first-order valence-electron chi connectivity index (χ1n) is 8.74. The molecule has 0 saturated heterocycles. The van der Waals surface area contributed by atoms with Crippen LogP contribution in [0.25, 0.3) is 0 Å². The summed E-state index contributed by atoms with van der Waals surface area (Å²) in [5.74, 6) is 1.84. The molecule has 0 fully saturated rings. The van der Waals surface area contributed by atoms with Crippen LogP contribution in [-0.4, -0.2) is 28.0 Å². The molecule has 2 heterocycles. The van der Waals surface area contributed by atoms with Crippen LogP contribution in [-0.2, 0) is 6.42 Å². The molecule has 0 radical (unpaired) electrons. The van der Waals surface area contributed by atoms with Crippen molar-refractivity contribution in [2.24, 2.45) is 0 Å². The van der Waals surface area contributed by atoms with E-state index in [1.807, 2.05) is 30.3 Å². The number of fused-ring (bicyclic) bond motifs is 1. The van der Waals surface area contributed by atoms with Gasteiger partial charge in [-0.15, -0.1) is 23.1 Å². The van der Waals surface area contributed by atoms with Gasteiger partial charge in [0.25, 0.3) is 0 Å². The van der Waals surface area contributed by atoms with E-state index in [0.29, 0.717) is 17.9 Å². The minimum absolute atomic E-state index is 0.138. The third kappa shape index (κ3) is 4.51. The average molecular weight is 416 g/mol. The van der Waals surface area contributed by atoms with Gasteiger partial charge in [-0.05, 0) is 42.1 Å². The highest BCUT2D eigenvalue weighted by Gasteiger charge is 2.28. The standard InChI is InChI=1S/C20H18ClN3OS2/c21-14-3-5-15(6-4-14)26-9-7-22-20-23-12-16-17(24-20)10-13(11-18(16)25)19-2-1-8-27-19/h1-6,8,12-13H,7,9-11H2,(H,22,23,24). The molecule has 1 aliphatic rings. The zero-order valence-corrected chi connectivity index (χ0v) is 16.9. The van der Waals surface area contributed by atoms with Crippen LogP contribution in [0.4, 0.5) is 5.95 Å². The summed E-state index contributed by atoms with van der Waals surface area (Å²) in [6, 6.07) is 11.9. The maximum Gasteiger partial charge on any atom is 0.222 e. The third-order valence-electron chi connectivity index (χ3n) is 4.45. The summed E-state index contributed by atoms with van der Waals surface area (Å²) in [5, 5.41) is 6.06. The number of halogens is 1. The number of aromatic nitrogens is 2. The summed E-state index contributed by atoms with van der Waals surface area (Å²) in [5.41, 5.74) is 1.52. The molecule has 0 amide bonds. The van der Waals surface area contributed by atoms with Crippen molar-refractivity contribution in [1.29, 1.82) is 0 Å². The lowest BCUT2D eigenvalue weighted by atomic mass is 9.86. The Hall–Kier alpha value is -1.89. The Morgan fingerprint density at radius 3 is 2.85 bits per heavy atom. The number of rotatable bonds is 6. The summed E-state index contributed by atoms with van der Waals surface area (Å²) >= 11 is 9.35. The maximum absolute atomic E-state index is 12.4. The van der Waals surface area contributed by atoms with Gasteiger partial charge in [-0.1, -0.05) is 17.7 Å². The minimum atomic E-state index is 0.138. The molecule has 1 unspecified atom stereocenters. The summed E-state index contributed by atoms with van der Waals surface area (Å²) in [6.45, 7) is 0.744. The number of thiophene rings is 1. The number of anilines is 1. The summed E-state index contributed by atoms with van der Waals surface area (Å²) in [6.07, 6.45) is 3.00. The molecule has 3 aromatic rings. The molecular weight excluding hydrogens is 398 g/mol. The fraction of sp³-hybridized carbons (Fsp3) is 0.250. The number of nitrogens with zero attached hydrogens (tertiary/aromatic N) is 2. The van der Waals surface area contributed by atoms with Crippen LogP contribution in [0, 0.1) is 0 Å². The quantitative estimate of drug-likeness (QED) is 0.436. The second kappa shape index (κ2) is 8.42. The van der Waals surface area contributed by atoms with Gasteiger partial charge in [0.05, 0.1) is 11.3 Å². The number of hydrogen-bond acceptors (Lipinski definition) is 6. The van der Waals surface area contributed by atoms with Gasteiger partial charge in [-0.25, -0.2) is 9.97 Å². The first-order chi connectivity index (χ1) is 13.2. The first kappa shape index (κ1) is 18.5. The van der Waals surface area contributed by atoms with Crippen LogP contribution in [0.5, 0.6) is 0 Å².